The van der Waals surface area contributed by atoms with Crippen LogP contribution in [0.5, 0.6) is 5.75 Å². The molecule has 1 saturated heterocycles. The molecule has 38 heavy (non-hydrogen) atoms. The van der Waals surface area contributed by atoms with Crippen LogP contribution in [-0.2, 0) is 6.54 Å². The molecular weight excluding hydrogens is 534 g/mol. The summed E-state index contributed by atoms with van der Waals surface area (Å²) in [6.07, 6.45) is 2.73. The number of piperidine rings is 1. The van der Waals surface area contributed by atoms with E-state index in [0.29, 0.717) is 0 Å². The van der Waals surface area contributed by atoms with Gasteiger partial charge in [0.25, 0.3) is 0 Å². The van der Waals surface area contributed by atoms with Crippen molar-refractivity contribution < 1.29 is 4.74 Å². The van der Waals surface area contributed by atoms with E-state index in [1.165, 1.54) is 27.8 Å². The van der Waals surface area contributed by atoms with Gasteiger partial charge in [-0.1, -0.05) is 101 Å². The summed E-state index contributed by atoms with van der Waals surface area (Å²) in [6, 6.07) is 36.8. The second kappa shape index (κ2) is 9.72. The summed E-state index contributed by atoms with van der Waals surface area (Å²) in [5, 5.41) is 7.60. The van der Waals surface area contributed by atoms with Crippen molar-refractivity contribution >= 4 is 21.6 Å². The first kappa shape index (κ1) is 23.7. The van der Waals surface area contributed by atoms with Crippen molar-refractivity contribution in [3.05, 3.63) is 124 Å². The number of nitrogens with zero attached hydrogens (tertiary/aromatic N) is 3. The molecule has 0 amide bonds. The first-order chi connectivity index (χ1) is 18.7. The Bertz CT molecular complexity index is 1460. The molecule has 0 N–H and O–H groups in total. The minimum absolute atomic E-state index is 0.181. The highest BCUT2D eigenvalue weighted by Crippen LogP contribution is 2.50. The van der Waals surface area contributed by atoms with Gasteiger partial charge < -0.3 is 4.74 Å². The van der Waals surface area contributed by atoms with Crippen LogP contribution in [0.1, 0.15) is 42.0 Å². The summed E-state index contributed by atoms with van der Waals surface area (Å²) in [5.41, 5.74) is 6.95. The first-order valence-electron chi connectivity index (χ1n) is 13.4. The summed E-state index contributed by atoms with van der Waals surface area (Å²) in [6.45, 7) is 2.95. The number of hydrazone groups is 1. The molecule has 0 saturated carbocycles. The highest BCUT2D eigenvalue weighted by molar-refractivity contribution is 9.10. The average Bonchev–Trinajstić information content (AvgIpc) is 3.43. The molecule has 190 valence electrons. The fraction of sp³-hybridized carbons (Fsp3) is 0.242. The maximum Gasteiger partial charge on any atom is 0.200 e. The smallest absolute Gasteiger partial charge is 0.200 e. The Morgan fingerprint density at radius 1 is 0.789 bits per heavy atom. The minimum atomic E-state index is -0.412. The van der Waals surface area contributed by atoms with Crippen LogP contribution in [-0.4, -0.2) is 34.4 Å². The molecule has 0 bridgehead atoms. The lowest BCUT2D eigenvalue weighted by molar-refractivity contribution is -0.150. The molecule has 3 aliphatic heterocycles. The van der Waals surface area contributed by atoms with Gasteiger partial charge in [-0.05, 0) is 40.5 Å². The van der Waals surface area contributed by atoms with E-state index in [1.807, 2.05) is 0 Å². The van der Waals surface area contributed by atoms with Crippen LogP contribution in [0.3, 0.4) is 0 Å². The van der Waals surface area contributed by atoms with Crippen molar-refractivity contribution in [1.29, 1.82) is 0 Å². The lowest BCUT2D eigenvalue weighted by atomic mass is 9.90. The van der Waals surface area contributed by atoms with Gasteiger partial charge in [0, 0.05) is 48.9 Å². The predicted molar refractivity (Wildman–Crippen MR) is 156 cm³/mol. The molecule has 5 heteroatoms. The summed E-state index contributed by atoms with van der Waals surface area (Å²) < 4.78 is 7.94. The lowest BCUT2D eigenvalue weighted by Crippen LogP contribution is -2.59. The van der Waals surface area contributed by atoms with Crippen LogP contribution in [0.25, 0.3) is 11.1 Å². The van der Waals surface area contributed by atoms with E-state index < -0.39 is 5.72 Å². The third-order valence-corrected chi connectivity index (χ3v) is 8.66. The summed E-state index contributed by atoms with van der Waals surface area (Å²) in [4.78, 5) is 2.54. The zero-order chi connectivity index (χ0) is 25.5. The Morgan fingerprint density at radius 3 is 2.18 bits per heavy atom. The summed E-state index contributed by atoms with van der Waals surface area (Å²) >= 11 is 3.69. The number of benzene rings is 4. The number of halogens is 1. The number of fused-ring (bicyclic) bond motifs is 4. The Labute approximate surface area is 232 Å². The molecule has 3 aliphatic rings. The zero-order valence-corrected chi connectivity index (χ0v) is 22.8. The van der Waals surface area contributed by atoms with Crippen LogP contribution in [0.4, 0.5) is 0 Å². The van der Waals surface area contributed by atoms with E-state index in [2.05, 4.69) is 129 Å². The molecule has 1 unspecified atom stereocenters. The quantitative estimate of drug-likeness (QED) is 0.255. The molecule has 4 nitrogen and oxygen atoms in total. The van der Waals surface area contributed by atoms with Crippen LogP contribution < -0.4 is 4.74 Å². The monoisotopic (exact) mass is 563 g/mol. The van der Waals surface area contributed by atoms with E-state index in [1.54, 1.807) is 0 Å². The lowest BCUT2D eigenvalue weighted by Gasteiger charge is -2.51. The van der Waals surface area contributed by atoms with Crippen molar-refractivity contribution in [2.24, 2.45) is 5.10 Å². The predicted octanol–water partition coefficient (Wildman–Crippen LogP) is 7.65. The molecule has 3 heterocycles. The van der Waals surface area contributed by atoms with Crippen LogP contribution in [0.2, 0.25) is 0 Å². The number of rotatable bonds is 4. The molecule has 4 aromatic carbocycles. The van der Waals surface area contributed by atoms with Gasteiger partial charge in [-0.25, -0.2) is 5.01 Å². The molecule has 0 aromatic heterocycles. The Hall–Kier alpha value is -3.41. The van der Waals surface area contributed by atoms with Gasteiger partial charge in [-0.3, -0.25) is 4.90 Å². The standard InChI is InChI=1S/C33H30BrN3O/c34-28-15-16-32-29(21-28)31-22-30(27-13-11-26(12-14-27)25-9-5-2-6-10-25)35-37(31)33(38-32)17-19-36(20-18-33)23-24-7-3-1-4-8-24/h1-16,21,31H,17-20,22-23H2. The van der Waals surface area contributed by atoms with E-state index in [0.717, 1.165) is 54.8 Å². The van der Waals surface area contributed by atoms with Crippen molar-refractivity contribution in [2.45, 2.75) is 37.6 Å². The van der Waals surface area contributed by atoms with Crippen LogP contribution >= 0.6 is 15.9 Å². The van der Waals surface area contributed by atoms with Gasteiger partial charge in [0.1, 0.15) is 5.75 Å². The summed E-state index contributed by atoms with van der Waals surface area (Å²) in [5.74, 6) is 1.00. The number of hydrogen-bond acceptors (Lipinski definition) is 4. The van der Waals surface area contributed by atoms with E-state index in [9.17, 15) is 0 Å². The second-order valence-electron chi connectivity index (χ2n) is 10.5. The molecule has 4 aromatic rings. The fourth-order valence-electron chi connectivity index (χ4n) is 6.15. The third-order valence-electron chi connectivity index (χ3n) is 8.17. The third kappa shape index (κ3) is 4.34. The van der Waals surface area contributed by atoms with Gasteiger partial charge >= 0.3 is 0 Å². The maximum atomic E-state index is 6.86. The van der Waals surface area contributed by atoms with Crippen molar-refractivity contribution in [3.63, 3.8) is 0 Å². The van der Waals surface area contributed by atoms with E-state index in [-0.39, 0.29) is 6.04 Å². The number of ether oxygens (including phenoxy) is 1. The van der Waals surface area contributed by atoms with E-state index in [4.69, 9.17) is 9.84 Å². The van der Waals surface area contributed by atoms with Gasteiger partial charge in [0.15, 0.2) is 0 Å². The van der Waals surface area contributed by atoms with Gasteiger partial charge in [0.2, 0.25) is 5.72 Å². The topological polar surface area (TPSA) is 28.1 Å². The SMILES string of the molecule is Brc1ccc2c(c1)C1CC(c3ccc(-c4ccccc4)cc3)=NN1C1(CCN(Cc3ccccc3)CC1)O2. The van der Waals surface area contributed by atoms with Crippen molar-refractivity contribution in [1.82, 2.24) is 9.91 Å². The van der Waals surface area contributed by atoms with Crippen molar-refractivity contribution in [3.8, 4) is 16.9 Å². The molecule has 1 fully saturated rings. The number of likely N-dealkylation sites (tertiary alicyclic amines) is 1. The van der Waals surface area contributed by atoms with Gasteiger partial charge in [-0.15, -0.1) is 0 Å². The zero-order valence-electron chi connectivity index (χ0n) is 21.3. The molecular formula is C33H30BrN3O. The maximum absolute atomic E-state index is 6.86. The Kier molecular flexibility index (Phi) is 6.06. The molecule has 1 atom stereocenters. The fourth-order valence-corrected chi connectivity index (χ4v) is 6.52. The van der Waals surface area contributed by atoms with E-state index >= 15 is 0 Å². The van der Waals surface area contributed by atoms with Crippen LogP contribution in [0, 0.1) is 0 Å². The Balaban J connectivity index is 1.18. The highest BCUT2D eigenvalue weighted by atomic mass is 79.9. The highest BCUT2D eigenvalue weighted by Gasteiger charge is 2.51. The largest absolute Gasteiger partial charge is 0.466 e. The molecule has 1 spiro atoms. The minimum Gasteiger partial charge on any atom is -0.466 e. The normalized spacial score (nSPS) is 20.0. The molecule has 0 radical (unpaired) electrons. The molecule has 7 rings (SSSR count). The number of hydrogen-bond donors (Lipinski definition) is 0. The Morgan fingerprint density at radius 2 is 1.45 bits per heavy atom. The summed E-state index contributed by atoms with van der Waals surface area (Å²) in [7, 11) is 0. The average molecular weight is 565 g/mol. The molecule has 0 aliphatic carbocycles. The second-order valence-corrected chi connectivity index (χ2v) is 11.5. The van der Waals surface area contributed by atoms with Crippen molar-refractivity contribution in [2.75, 3.05) is 13.1 Å². The van der Waals surface area contributed by atoms with Crippen LogP contribution in [0.15, 0.2) is 113 Å². The van der Waals surface area contributed by atoms with Gasteiger partial charge in [-0.2, -0.15) is 5.10 Å². The van der Waals surface area contributed by atoms with Gasteiger partial charge in [0.05, 0.1) is 11.8 Å². The first-order valence-corrected chi connectivity index (χ1v) is 14.2.